The van der Waals surface area contributed by atoms with Crippen molar-refractivity contribution in [3.63, 3.8) is 0 Å². The van der Waals surface area contributed by atoms with Crippen molar-refractivity contribution in [2.75, 3.05) is 0 Å². The van der Waals surface area contributed by atoms with Gasteiger partial charge in [0.25, 0.3) is 0 Å². The summed E-state index contributed by atoms with van der Waals surface area (Å²) in [7, 11) is 0. The van der Waals surface area contributed by atoms with Crippen LogP contribution in [0.2, 0.25) is 5.02 Å². The molecule has 0 atom stereocenters. The number of hydrogen-bond donors (Lipinski definition) is 0. The molecule has 0 amide bonds. The van der Waals surface area contributed by atoms with Crippen LogP contribution in [0.25, 0.3) is 54.6 Å². The lowest BCUT2D eigenvalue weighted by atomic mass is 9.91. The lowest BCUT2D eigenvalue weighted by Crippen LogP contribution is -1.86. The minimum Gasteiger partial charge on any atom is -0.0843 e. The number of hydrogen-bond acceptors (Lipinski definition) is 0. The molecular weight excluding hydrogens is 396 g/mol. The first-order chi connectivity index (χ1) is 15.3. The molecule has 6 aromatic carbocycles. The zero-order valence-corrected chi connectivity index (χ0v) is 17.6. The van der Waals surface area contributed by atoms with Gasteiger partial charge in [-0.05, 0) is 78.8 Å². The predicted molar refractivity (Wildman–Crippen MR) is 135 cm³/mol. The lowest BCUT2D eigenvalue weighted by Gasteiger charge is -2.13. The average Bonchev–Trinajstić information content (AvgIpc) is 2.84. The molecular formula is C30H19Cl. The van der Waals surface area contributed by atoms with E-state index in [1.165, 1.54) is 43.4 Å². The SMILES string of the molecule is Clc1cc(-c2ccccc2)cc(-c2ccc3c4ccccc4c4ccccc4c3c2)c1. The topological polar surface area (TPSA) is 0 Å². The summed E-state index contributed by atoms with van der Waals surface area (Å²) in [4.78, 5) is 0. The van der Waals surface area contributed by atoms with E-state index in [0.717, 1.165) is 16.1 Å². The van der Waals surface area contributed by atoms with E-state index in [4.69, 9.17) is 11.6 Å². The largest absolute Gasteiger partial charge is 0.0843 e. The average molecular weight is 415 g/mol. The van der Waals surface area contributed by atoms with Crippen molar-refractivity contribution in [3.8, 4) is 22.3 Å². The van der Waals surface area contributed by atoms with Gasteiger partial charge in [-0.25, -0.2) is 0 Å². The van der Waals surface area contributed by atoms with E-state index < -0.39 is 0 Å². The first-order valence-corrected chi connectivity index (χ1v) is 10.9. The van der Waals surface area contributed by atoms with Gasteiger partial charge in [0.15, 0.2) is 0 Å². The number of rotatable bonds is 2. The van der Waals surface area contributed by atoms with Crippen LogP contribution < -0.4 is 0 Å². The fourth-order valence-electron chi connectivity index (χ4n) is 4.64. The van der Waals surface area contributed by atoms with Gasteiger partial charge in [0, 0.05) is 5.02 Å². The van der Waals surface area contributed by atoms with Gasteiger partial charge in [0.05, 0.1) is 0 Å². The van der Waals surface area contributed by atoms with Crippen LogP contribution in [0.15, 0.2) is 115 Å². The van der Waals surface area contributed by atoms with Crippen LogP contribution in [0.4, 0.5) is 0 Å². The highest BCUT2D eigenvalue weighted by molar-refractivity contribution is 6.31. The van der Waals surface area contributed by atoms with Crippen LogP contribution in [-0.2, 0) is 0 Å². The summed E-state index contributed by atoms with van der Waals surface area (Å²) in [6, 6.07) is 40.8. The minimum atomic E-state index is 0.750. The molecule has 6 rings (SSSR count). The van der Waals surface area contributed by atoms with Gasteiger partial charge in [-0.15, -0.1) is 0 Å². The maximum absolute atomic E-state index is 6.54. The third-order valence-electron chi connectivity index (χ3n) is 6.08. The van der Waals surface area contributed by atoms with E-state index in [1.54, 1.807) is 0 Å². The number of fused-ring (bicyclic) bond motifs is 6. The number of halogens is 1. The van der Waals surface area contributed by atoms with Gasteiger partial charge < -0.3 is 0 Å². The second kappa shape index (κ2) is 7.27. The standard InChI is InChI=1S/C30H19Cl/c31-24-17-22(20-8-2-1-3-9-20)16-23(18-24)21-14-15-29-27-12-5-4-10-25(27)26-11-6-7-13-28(26)30(29)19-21/h1-19H. The Hall–Kier alpha value is -3.61. The maximum atomic E-state index is 6.54. The second-order valence-corrected chi connectivity index (χ2v) is 8.38. The Morgan fingerprint density at radius 2 is 0.806 bits per heavy atom. The molecule has 146 valence electrons. The molecule has 31 heavy (non-hydrogen) atoms. The van der Waals surface area contributed by atoms with Crippen LogP contribution in [0.5, 0.6) is 0 Å². The first kappa shape index (κ1) is 18.2. The Morgan fingerprint density at radius 3 is 1.42 bits per heavy atom. The highest BCUT2D eigenvalue weighted by atomic mass is 35.5. The van der Waals surface area contributed by atoms with Gasteiger partial charge in [0.1, 0.15) is 0 Å². The van der Waals surface area contributed by atoms with Crippen LogP contribution in [0.3, 0.4) is 0 Å². The van der Waals surface area contributed by atoms with Crippen molar-refractivity contribution in [2.24, 2.45) is 0 Å². The van der Waals surface area contributed by atoms with Gasteiger partial charge in [-0.1, -0.05) is 103 Å². The van der Waals surface area contributed by atoms with Crippen molar-refractivity contribution < 1.29 is 0 Å². The monoisotopic (exact) mass is 414 g/mol. The normalized spacial score (nSPS) is 11.4. The Bertz CT molecular complexity index is 1540. The molecule has 0 fully saturated rings. The Labute approximate surface area is 186 Å². The Morgan fingerprint density at radius 1 is 0.323 bits per heavy atom. The van der Waals surface area contributed by atoms with E-state index in [-0.39, 0.29) is 0 Å². The van der Waals surface area contributed by atoms with Crippen LogP contribution in [0.1, 0.15) is 0 Å². The molecule has 0 saturated carbocycles. The molecule has 0 aliphatic rings. The summed E-state index contributed by atoms with van der Waals surface area (Å²) < 4.78 is 0. The van der Waals surface area contributed by atoms with Crippen molar-refractivity contribution >= 4 is 43.9 Å². The third kappa shape index (κ3) is 3.08. The molecule has 0 spiro atoms. The molecule has 0 saturated heterocycles. The second-order valence-electron chi connectivity index (χ2n) is 7.95. The highest BCUT2D eigenvalue weighted by Crippen LogP contribution is 2.38. The van der Waals surface area contributed by atoms with Crippen LogP contribution >= 0.6 is 11.6 Å². The quantitative estimate of drug-likeness (QED) is 0.248. The smallest absolute Gasteiger partial charge is 0.0418 e. The van der Waals surface area contributed by atoms with E-state index in [0.29, 0.717) is 0 Å². The predicted octanol–water partition coefficient (Wildman–Crippen LogP) is 9.13. The third-order valence-corrected chi connectivity index (χ3v) is 6.30. The van der Waals surface area contributed by atoms with Gasteiger partial charge in [0.2, 0.25) is 0 Å². The molecule has 6 aromatic rings. The summed E-state index contributed by atoms with van der Waals surface area (Å²) in [6.07, 6.45) is 0. The zero-order valence-electron chi connectivity index (χ0n) is 16.8. The summed E-state index contributed by atoms with van der Waals surface area (Å²) in [6.45, 7) is 0. The van der Waals surface area contributed by atoms with Crippen molar-refractivity contribution in [2.45, 2.75) is 0 Å². The van der Waals surface area contributed by atoms with Gasteiger partial charge in [-0.2, -0.15) is 0 Å². The number of benzene rings is 6. The summed E-state index contributed by atoms with van der Waals surface area (Å²) in [5.74, 6) is 0. The molecule has 0 N–H and O–H groups in total. The molecule has 0 aliphatic carbocycles. The molecule has 0 nitrogen and oxygen atoms in total. The van der Waals surface area contributed by atoms with E-state index in [1.807, 2.05) is 12.1 Å². The van der Waals surface area contributed by atoms with E-state index in [2.05, 4.69) is 103 Å². The Balaban J connectivity index is 1.63. The zero-order chi connectivity index (χ0) is 20.8. The van der Waals surface area contributed by atoms with E-state index >= 15 is 0 Å². The molecule has 0 bridgehead atoms. The molecule has 1 heteroatoms. The molecule has 0 unspecified atom stereocenters. The van der Waals surface area contributed by atoms with E-state index in [9.17, 15) is 0 Å². The van der Waals surface area contributed by atoms with Crippen molar-refractivity contribution in [1.29, 1.82) is 0 Å². The highest BCUT2D eigenvalue weighted by Gasteiger charge is 2.10. The Kier molecular flexibility index (Phi) is 4.26. The minimum absolute atomic E-state index is 0.750. The van der Waals surface area contributed by atoms with Gasteiger partial charge in [-0.3, -0.25) is 0 Å². The lowest BCUT2D eigenvalue weighted by molar-refractivity contribution is 1.60. The summed E-state index contributed by atoms with van der Waals surface area (Å²) >= 11 is 6.54. The first-order valence-electron chi connectivity index (χ1n) is 10.5. The molecule has 0 radical (unpaired) electrons. The maximum Gasteiger partial charge on any atom is 0.0418 e. The summed E-state index contributed by atoms with van der Waals surface area (Å²) in [5.41, 5.74) is 4.60. The molecule has 0 aliphatic heterocycles. The fourth-order valence-corrected chi connectivity index (χ4v) is 4.88. The van der Waals surface area contributed by atoms with Gasteiger partial charge >= 0.3 is 0 Å². The summed E-state index contributed by atoms with van der Waals surface area (Å²) in [5, 5.41) is 8.46. The van der Waals surface area contributed by atoms with Crippen LogP contribution in [-0.4, -0.2) is 0 Å². The van der Waals surface area contributed by atoms with Crippen LogP contribution in [0, 0.1) is 0 Å². The van der Waals surface area contributed by atoms with Crippen molar-refractivity contribution in [1.82, 2.24) is 0 Å². The molecule has 0 heterocycles. The van der Waals surface area contributed by atoms with Crippen molar-refractivity contribution in [3.05, 3.63) is 120 Å². The molecule has 0 aromatic heterocycles. The fraction of sp³-hybridized carbons (Fsp3) is 0.